The van der Waals surface area contributed by atoms with Crippen LogP contribution in [0.1, 0.15) is 16.8 Å². The molecule has 1 saturated heterocycles. The quantitative estimate of drug-likeness (QED) is 0.644. The molecular formula is C12H13NO6. The molecule has 7 heteroatoms. The summed E-state index contributed by atoms with van der Waals surface area (Å²) in [7, 11) is 0. The number of ether oxygens (including phenoxy) is 2. The first-order valence-electron chi connectivity index (χ1n) is 5.81. The first kappa shape index (κ1) is 13.3. The van der Waals surface area contributed by atoms with Crippen molar-refractivity contribution in [1.29, 1.82) is 0 Å². The zero-order valence-corrected chi connectivity index (χ0v) is 10.1. The number of carboxylic acid groups (broad SMARTS) is 1. The highest BCUT2D eigenvalue weighted by Crippen LogP contribution is 2.31. The van der Waals surface area contributed by atoms with Gasteiger partial charge in [0, 0.05) is 18.6 Å². The highest BCUT2D eigenvalue weighted by Gasteiger charge is 2.25. The van der Waals surface area contributed by atoms with E-state index in [4.69, 9.17) is 14.6 Å². The molecule has 1 aliphatic rings. The number of aromatic carboxylic acids is 1. The van der Waals surface area contributed by atoms with E-state index < -0.39 is 10.9 Å². The molecule has 1 unspecified atom stereocenters. The summed E-state index contributed by atoms with van der Waals surface area (Å²) in [5.74, 6) is -1.30. The summed E-state index contributed by atoms with van der Waals surface area (Å²) in [5.41, 5.74) is -0.535. The van der Waals surface area contributed by atoms with Crippen molar-refractivity contribution in [3.8, 4) is 5.75 Å². The fourth-order valence-electron chi connectivity index (χ4n) is 1.90. The van der Waals surface area contributed by atoms with Crippen molar-refractivity contribution in [3.05, 3.63) is 33.9 Å². The second-order valence-electron chi connectivity index (χ2n) is 4.26. The van der Waals surface area contributed by atoms with Gasteiger partial charge in [-0.05, 0) is 12.5 Å². The van der Waals surface area contributed by atoms with Crippen LogP contribution in [-0.2, 0) is 4.74 Å². The summed E-state index contributed by atoms with van der Waals surface area (Å²) >= 11 is 0. The molecule has 7 nitrogen and oxygen atoms in total. The molecule has 0 aromatic heterocycles. The van der Waals surface area contributed by atoms with Gasteiger partial charge < -0.3 is 14.6 Å². The number of hydrogen-bond acceptors (Lipinski definition) is 5. The third-order valence-electron chi connectivity index (χ3n) is 2.91. The molecule has 2 rings (SSSR count). The van der Waals surface area contributed by atoms with Crippen molar-refractivity contribution in [2.75, 3.05) is 19.8 Å². The van der Waals surface area contributed by atoms with Gasteiger partial charge in [-0.1, -0.05) is 6.07 Å². The van der Waals surface area contributed by atoms with E-state index in [0.29, 0.717) is 13.2 Å². The fourth-order valence-corrected chi connectivity index (χ4v) is 1.90. The summed E-state index contributed by atoms with van der Waals surface area (Å²) in [4.78, 5) is 21.3. The molecule has 19 heavy (non-hydrogen) atoms. The van der Waals surface area contributed by atoms with Gasteiger partial charge in [0.25, 0.3) is 0 Å². The van der Waals surface area contributed by atoms with Gasteiger partial charge in [-0.3, -0.25) is 10.1 Å². The van der Waals surface area contributed by atoms with Gasteiger partial charge in [-0.25, -0.2) is 4.79 Å². The van der Waals surface area contributed by atoms with Crippen molar-refractivity contribution in [1.82, 2.24) is 0 Å². The Morgan fingerprint density at radius 1 is 1.58 bits per heavy atom. The molecule has 1 atom stereocenters. The highest BCUT2D eigenvalue weighted by atomic mass is 16.6. The van der Waals surface area contributed by atoms with Crippen molar-refractivity contribution in [3.63, 3.8) is 0 Å². The molecule has 0 aliphatic carbocycles. The van der Waals surface area contributed by atoms with Crippen LogP contribution in [0.3, 0.4) is 0 Å². The molecule has 102 valence electrons. The summed E-state index contributed by atoms with van der Waals surface area (Å²) in [6.45, 7) is 1.38. The minimum atomic E-state index is -1.25. The highest BCUT2D eigenvalue weighted by molar-refractivity contribution is 5.92. The van der Waals surface area contributed by atoms with E-state index in [2.05, 4.69) is 0 Å². The Balaban J connectivity index is 2.23. The van der Waals surface area contributed by atoms with E-state index in [-0.39, 0.29) is 29.5 Å². The molecule has 0 bridgehead atoms. The molecule has 1 aliphatic heterocycles. The van der Waals surface area contributed by atoms with Crippen LogP contribution in [0.25, 0.3) is 0 Å². The van der Waals surface area contributed by atoms with Gasteiger partial charge in [-0.15, -0.1) is 0 Å². The molecule has 0 amide bonds. The number of carbonyl (C=O) groups is 1. The number of nitrogens with zero attached hydrogens (tertiary/aromatic N) is 1. The number of benzene rings is 1. The Labute approximate surface area is 108 Å². The largest absolute Gasteiger partial charge is 0.486 e. The van der Waals surface area contributed by atoms with Crippen LogP contribution in [0, 0.1) is 16.0 Å². The number of nitro groups is 1. The predicted octanol–water partition coefficient (Wildman–Crippen LogP) is 1.71. The van der Waals surface area contributed by atoms with Crippen molar-refractivity contribution in [2.24, 2.45) is 5.92 Å². The SMILES string of the molecule is O=C(O)c1cccc([N+](=O)[O-])c1OCC1CCOC1. The summed E-state index contributed by atoms with van der Waals surface area (Å²) in [5, 5.41) is 19.9. The number of para-hydroxylation sites is 1. The van der Waals surface area contributed by atoms with Crippen LogP contribution >= 0.6 is 0 Å². The van der Waals surface area contributed by atoms with Crippen LogP contribution in [0.2, 0.25) is 0 Å². The smallest absolute Gasteiger partial charge is 0.339 e. The van der Waals surface area contributed by atoms with Crippen molar-refractivity contribution in [2.45, 2.75) is 6.42 Å². The van der Waals surface area contributed by atoms with Gasteiger partial charge in [-0.2, -0.15) is 0 Å². The average molecular weight is 267 g/mol. The number of rotatable bonds is 5. The molecule has 1 N–H and O–H groups in total. The van der Waals surface area contributed by atoms with E-state index in [1.807, 2.05) is 0 Å². The van der Waals surface area contributed by atoms with Gasteiger partial charge in [0.05, 0.1) is 18.1 Å². The van der Waals surface area contributed by atoms with Gasteiger partial charge >= 0.3 is 11.7 Å². The zero-order valence-electron chi connectivity index (χ0n) is 10.1. The third kappa shape index (κ3) is 3.00. The maximum Gasteiger partial charge on any atom is 0.339 e. The second kappa shape index (κ2) is 5.66. The lowest BCUT2D eigenvalue weighted by Crippen LogP contribution is -2.14. The van der Waals surface area contributed by atoms with Crippen LogP contribution < -0.4 is 4.74 Å². The normalized spacial score (nSPS) is 18.2. The lowest BCUT2D eigenvalue weighted by molar-refractivity contribution is -0.385. The van der Waals surface area contributed by atoms with Crippen LogP contribution in [0.5, 0.6) is 5.75 Å². The van der Waals surface area contributed by atoms with E-state index >= 15 is 0 Å². The first-order valence-corrected chi connectivity index (χ1v) is 5.81. The van der Waals surface area contributed by atoms with Gasteiger partial charge in [0.2, 0.25) is 5.75 Å². The van der Waals surface area contributed by atoms with E-state index in [1.165, 1.54) is 18.2 Å². The Hall–Kier alpha value is -2.15. The summed E-state index contributed by atoms with van der Waals surface area (Å²) in [6.07, 6.45) is 0.809. The molecule has 1 aromatic rings. The first-order chi connectivity index (χ1) is 9.09. The van der Waals surface area contributed by atoms with E-state index in [0.717, 1.165) is 6.42 Å². The Bertz CT molecular complexity index is 463. The van der Waals surface area contributed by atoms with Crippen molar-refractivity contribution < 1.29 is 24.3 Å². The average Bonchev–Trinajstić information content (AvgIpc) is 2.88. The van der Waals surface area contributed by atoms with Crippen LogP contribution in [0.15, 0.2) is 18.2 Å². The van der Waals surface area contributed by atoms with Crippen molar-refractivity contribution >= 4 is 11.7 Å². The monoisotopic (exact) mass is 267 g/mol. The van der Waals surface area contributed by atoms with E-state index in [9.17, 15) is 14.9 Å². The van der Waals surface area contributed by atoms with Gasteiger partial charge in [0.1, 0.15) is 5.56 Å². The molecular weight excluding hydrogens is 254 g/mol. The Morgan fingerprint density at radius 2 is 2.37 bits per heavy atom. The van der Waals surface area contributed by atoms with Crippen LogP contribution in [0.4, 0.5) is 5.69 Å². The molecule has 0 radical (unpaired) electrons. The number of nitro benzene ring substituents is 1. The van der Waals surface area contributed by atoms with E-state index in [1.54, 1.807) is 0 Å². The molecule has 1 fully saturated rings. The fraction of sp³-hybridized carbons (Fsp3) is 0.417. The molecule has 1 heterocycles. The topological polar surface area (TPSA) is 98.9 Å². The molecule has 0 saturated carbocycles. The molecule has 0 spiro atoms. The van der Waals surface area contributed by atoms with Gasteiger partial charge in [0.15, 0.2) is 0 Å². The minimum Gasteiger partial charge on any atom is -0.486 e. The van der Waals surface area contributed by atoms with Crippen LogP contribution in [-0.4, -0.2) is 35.8 Å². The predicted molar refractivity (Wildman–Crippen MR) is 64.5 cm³/mol. The standard InChI is InChI=1S/C12H13NO6/c14-12(15)9-2-1-3-10(13(16)17)11(9)19-7-8-4-5-18-6-8/h1-3,8H,4-7H2,(H,14,15). The summed E-state index contributed by atoms with van der Waals surface area (Å²) < 4.78 is 10.5. The maximum atomic E-state index is 11.1. The minimum absolute atomic E-state index is 0.140. The molecule has 1 aromatic carbocycles. The maximum absolute atomic E-state index is 11.1. The second-order valence-corrected chi connectivity index (χ2v) is 4.26. The lowest BCUT2D eigenvalue weighted by Gasteiger charge is -2.12. The number of hydrogen-bond donors (Lipinski definition) is 1. The third-order valence-corrected chi connectivity index (χ3v) is 2.91. The lowest BCUT2D eigenvalue weighted by atomic mass is 10.1. The number of carboxylic acids is 1. The Kier molecular flexibility index (Phi) is 3.96. The summed E-state index contributed by atoms with van der Waals surface area (Å²) in [6, 6.07) is 3.84. The zero-order chi connectivity index (χ0) is 13.8. The Morgan fingerprint density at radius 3 is 2.95 bits per heavy atom.